The molecule has 1 atom stereocenters. The Morgan fingerprint density at radius 3 is 2.74 bits per heavy atom. The van der Waals surface area contributed by atoms with E-state index < -0.39 is 18.0 Å². The van der Waals surface area contributed by atoms with Crippen molar-refractivity contribution in [2.45, 2.75) is 25.4 Å². The Morgan fingerprint density at radius 2 is 2.07 bits per heavy atom. The minimum absolute atomic E-state index is 0.0199. The third kappa shape index (κ3) is 4.55. The second-order valence-electron chi connectivity index (χ2n) is 6.54. The van der Waals surface area contributed by atoms with Gasteiger partial charge in [0.15, 0.2) is 0 Å². The SMILES string of the molecule is COc1cccc(CN2CCN(C(=O)CC[C@H]3NC(=O)NC3=O)CC2=O)c1. The van der Waals surface area contributed by atoms with Gasteiger partial charge in [0.05, 0.1) is 13.7 Å². The lowest BCUT2D eigenvalue weighted by molar-refractivity contribution is -0.145. The highest BCUT2D eigenvalue weighted by molar-refractivity contribution is 6.04. The molecule has 1 aromatic rings. The molecular weight excluding hydrogens is 352 g/mol. The summed E-state index contributed by atoms with van der Waals surface area (Å²) < 4.78 is 5.19. The van der Waals surface area contributed by atoms with Crippen molar-refractivity contribution in [2.24, 2.45) is 0 Å². The van der Waals surface area contributed by atoms with Crippen molar-refractivity contribution in [1.82, 2.24) is 20.4 Å². The number of carbonyl (C=O) groups is 4. The molecule has 0 unspecified atom stereocenters. The number of nitrogens with one attached hydrogen (secondary N) is 2. The van der Waals surface area contributed by atoms with Crippen LogP contribution in [0.1, 0.15) is 18.4 Å². The van der Waals surface area contributed by atoms with Gasteiger partial charge in [-0.3, -0.25) is 19.7 Å². The first-order chi connectivity index (χ1) is 13.0. The Labute approximate surface area is 156 Å². The molecule has 0 radical (unpaired) electrons. The van der Waals surface area contributed by atoms with E-state index >= 15 is 0 Å². The lowest BCUT2D eigenvalue weighted by atomic mass is 10.1. The van der Waals surface area contributed by atoms with Gasteiger partial charge >= 0.3 is 6.03 Å². The van der Waals surface area contributed by atoms with Crippen LogP contribution in [-0.4, -0.2) is 66.3 Å². The average molecular weight is 374 g/mol. The number of imide groups is 1. The van der Waals surface area contributed by atoms with E-state index in [0.717, 1.165) is 11.3 Å². The smallest absolute Gasteiger partial charge is 0.322 e. The highest BCUT2D eigenvalue weighted by atomic mass is 16.5. The molecule has 5 amide bonds. The van der Waals surface area contributed by atoms with Gasteiger partial charge in [-0.15, -0.1) is 0 Å². The number of rotatable bonds is 6. The number of benzene rings is 1. The summed E-state index contributed by atoms with van der Waals surface area (Å²) in [6.45, 7) is 1.37. The molecule has 0 aromatic heterocycles. The first-order valence-corrected chi connectivity index (χ1v) is 8.76. The Bertz CT molecular complexity index is 766. The van der Waals surface area contributed by atoms with Crippen molar-refractivity contribution >= 4 is 23.8 Å². The predicted octanol–water partition coefficient (Wildman–Crippen LogP) is -0.146. The van der Waals surface area contributed by atoms with Gasteiger partial charge in [-0.25, -0.2) is 4.79 Å². The van der Waals surface area contributed by atoms with E-state index in [2.05, 4.69) is 10.6 Å². The maximum absolute atomic E-state index is 12.4. The molecule has 2 saturated heterocycles. The number of hydrogen-bond donors (Lipinski definition) is 2. The van der Waals surface area contributed by atoms with Crippen LogP contribution in [0.25, 0.3) is 0 Å². The summed E-state index contributed by atoms with van der Waals surface area (Å²) in [5.41, 5.74) is 0.963. The highest BCUT2D eigenvalue weighted by Crippen LogP contribution is 2.16. The van der Waals surface area contributed by atoms with Crippen LogP contribution in [0, 0.1) is 0 Å². The fourth-order valence-corrected chi connectivity index (χ4v) is 3.17. The van der Waals surface area contributed by atoms with Crippen molar-refractivity contribution in [1.29, 1.82) is 0 Å². The van der Waals surface area contributed by atoms with E-state index in [1.807, 2.05) is 24.3 Å². The van der Waals surface area contributed by atoms with Gasteiger partial charge in [0.1, 0.15) is 11.8 Å². The van der Waals surface area contributed by atoms with Gasteiger partial charge < -0.3 is 19.9 Å². The van der Waals surface area contributed by atoms with Crippen molar-refractivity contribution in [2.75, 3.05) is 26.7 Å². The maximum Gasteiger partial charge on any atom is 0.322 e. The Balaban J connectivity index is 1.49. The topological polar surface area (TPSA) is 108 Å². The molecule has 0 bridgehead atoms. The first kappa shape index (κ1) is 18.7. The Morgan fingerprint density at radius 1 is 1.26 bits per heavy atom. The van der Waals surface area contributed by atoms with Crippen LogP contribution < -0.4 is 15.4 Å². The molecule has 0 spiro atoms. The van der Waals surface area contributed by atoms with Gasteiger partial charge in [-0.2, -0.15) is 0 Å². The number of amides is 5. The average Bonchev–Trinajstić information content (AvgIpc) is 2.98. The third-order valence-electron chi connectivity index (χ3n) is 4.68. The predicted molar refractivity (Wildman–Crippen MR) is 94.7 cm³/mol. The minimum Gasteiger partial charge on any atom is -0.497 e. The monoisotopic (exact) mass is 374 g/mol. The van der Waals surface area contributed by atoms with Crippen LogP contribution in [0.5, 0.6) is 5.75 Å². The van der Waals surface area contributed by atoms with Gasteiger partial charge in [-0.1, -0.05) is 12.1 Å². The lowest BCUT2D eigenvalue weighted by Gasteiger charge is -2.34. The third-order valence-corrected chi connectivity index (χ3v) is 4.68. The molecule has 27 heavy (non-hydrogen) atoms. The standard InChI is InChI=1S/C18H22N4O5/c1-27-13-4-2-3-12(9-13)10-21-7-8-22(11-16(21)24)15(23)6-5-14-17(25)20-18(26)19-14/h2-4,9,14H,5-8,10-11H2,1H3,(H2,19,20,25,26)/t14-/m1/s1. The first-order valence-electron chi connectivity index (χ1n) is 8.76. The lowest BCUT2D eigenvalue weighted by Crippen LogP contribution is -2.52. The summed E-state index contributed by atoms with van der Waals surface area (Å²) >= 11 is 0. The van der Waals surface area contributed by atoms with Gasteiger partial charge in [-0.05, 0) is 24.1 Å². The van der Waals surface area contributed by atoms with E-state index in [9.17, 15) is 19.2 Å². The molecule has 2 heterocycles. The molecule has 1 aromatic carbocycles. The molecule has 0 aliphatic carbocycles. The molecule has 0 saturated carbocycles. The molecule has 3 rings (SSSR count). The van der Waals surface area contributed by atoms with Crippen LogP contribution in [-0.2, 0) is 20.9 Å². The van der Waals surface area contributed by atoms with E-state index in [1.165, 1.54) is 4.90 Å². The summed E-state index contributed by atoms with van der Waals surface area (Å²) in [7, 11) is 1.59. The van der Waals surface area contributed by atoms with Crippen LogP contribution in [0.15, 0.2) is 24.3 Å². The minimum atomic E-state index is -0.688. The maximum atomic E-state index is 12.4. The number of urea groups is 1. The summed E-state index contributed by atoms with van der Waals surface area (Å²) in [4.78, 5) is 50.5. The Hall–Kier alpha value is -3.10. The quantitative estimate of drug-likeness (QED) is 0.674. The second kappa shape index (κ2) is 8.07. The van der Waals surface area contributed by atoms with E-state index in [1.54, 1.807) is 12.0 Å². The largest absolute Gasteiger partial charge is 0.497 e. The highest BCUT2D eigenvalue weighted by Gasteiger charge is 2.31. The van der Waals surface area contributed by atoms with Crippen molar-refractivity contribution < 1.29 is 23.9 Å². The zero-order valence-corrected chi connectivity index (χ0v) is 15.1. The van der Waals surface area contributed by atoms with E-state index in [-0.39, 0.29) is 31.2 Å². The fraction of sp³-hybridized carbons (Fsp3) is 0.444. The summed E-state index contributed by atoms with van der Waals surface area (Å²) in [5.74, 6) is -0.00792. The molecule has 2 aliphatic rings. The number of hydrogen-bond acceptors (Lipinski definition) is 5. The zero-order valence-electron chi connectivity index (χ0n) is 15.1. The number of piperazine rings is 1. The van der Waals surface area contributed by atoms with Gasteiger partial charge in [0.25, 0.3) is 5.91 Å². The van der Waals surface area contributed by atoms with E-state index in [0.29, 0.717) is 19.6 Å². The number of ether oxygens (including phenoxy) is 1. The van der Waals surface area contributed by atoms with Crippen molar-refractivity contribution in [3.63, 3.8) is 0 Å². The van der Waals surface area contributed by atoms with Gasteiger partial charge in [0.2, 0.25) is 11.8 Å². The van der Waals surface area contributed by atoms with Crippen molar-refractivity contribution in [3.8, 4) is 5.75 Å². The van der Waals surface area contributed by atoms with Crippen LogP contribution in [0.3, 0.4) is 0 Å². The molecular formula is C18H22N4O5. The fourth-order valence-electron chi connectivity index (χ4n) is 3.17. The summed E-state index contributed by atoms with van der Waals surface area (Å²) in [5, 5.41) is 4.59. The Kier molecular flexibility index (Phi) is 5.58. The zero-order chi connectivity index (χ0) is 19.4. The summed E-state index contributed by atoms with van der Waals surface area (Å²) in [6, 6.07) is 6.29. The molecule has 2 N–H and O–H groups in total. The van der Waals surface area contributed by atoms with Crippen LogP contribution in [0.4, 0.5) is 4.79 Å². The van der Waals surface area contributed by atoms with E-state index in [4.69, 9.17) is 4.74 Å². The van der Waals surface area contributed by atoms with Gasteiger partial charge in [0, 0.05) is 26.1 Å². The molecule has 2 aliphatic heterocycles. The molecule has 9 nitrogen and oxygen atoms in total. The normalized spacial score (nSPS) is 19.7. The van der Waals surface area contributed by atoms with Crippen LogP contribution in [0.2, 0.25) is 0 Å². The van der Waals surface area contributed by atoms with Crippen LogP contribution >= 0.6 is 0 Å². The molecule has 2 fully saturated rings. The molecule has 9 heteroatoms. The number of nitrogens with zero attached hydrogens (tertiary/aromatic N) is 2. The van der Waals surface area contributed by atoms with Crippen molar-refractivity contribution in [3.05, 3.63) is 29.8 Å². The summed E-state index contributed by atoms with van der Waals surface area (Å²) in [6.07, 6.45) is 0.316. The molecule has 144 valence electrons. The number of carbonyl (C=O) groups excluding carboxylic acids is 4. The second-order valence-corrected chi connectivity index (χ2v) is 6.54. The number of methoxy groups -OCH3 is 1.